The highest BCUT2D eigenvalue weighted by Crippen LogP contribution is 2.26. The Morgan fingerprint density at radius 1 is 1.30 bits per heavy atom. The number of imidazole rings is 1. The van der Waals surface area contributed by atoms with Crippen LogP contribution in [0.2, 0.25) is 5.02 Å². The third-order valence-corrected chi connectivity index (χ3v) is 4.19. The molecule has 118 valence electrons. The van der Waals surface area contributed by atoms with Crippen LogP contribution in [0.15, 0.2) is 29.3 Å². The van der Waals surface area contributed by atoms with Crippen LogP contribution >= 0.6 is 11.6 Å². The van der Waals surface area contributed by atoms with Crippen LogP contribution in [-0.4, -0.2) is 24.1 Å². The number of anilines is 1. The van der Waals surface area contributed by atoms with E-state index in [0.29, 0.717) is 23.0 Å². The molecule has 1 aliphatic heterocycles. The Labute approximate surface area is 136 Å². The first-order valence-electron chi connectivity index (χ1n) is 7.41. The van der Waals surface area contributed by atoms with Gasteiger partial charge < -0.3 is 5.32 Å². The molecule has 0 amide bonds. The molecule has 0 bridgehead atoms. The van der Waals surface area contributed by atoms with Gasteiger partial charge in [0, 0.05) is 12.1 Å². The van der Waals surface area contributed by atoms with Crippen molar-refractivity contribution in [3.63, 3.8) is 0 Å². The van der Waals surface area contributed by atoms with Gasteiger partial charge in [0.1, 0.15) is 5.82 Å². The minimum Gasteiger partial charge on any atom is -0.344 e. The van der Waals surface area contributed by atoms with Gasteiger partial charge in [-0.1, -0.05) is 25.4 Å². The molecule has 3 aromatic heterocycles. The minimum atomic E-state index is -0.102. The van der Waals surface area contributed by atoms with Gasteiger partial charge in [-0.2, -0.15) is 0 Å². The van der Waals surface area contributed by atoms with Gasteiger partial charge in [-0.15, -0.1) is 5.10 Å². The van der Waals surface area contributed by atoms with Crippen molar-refractivity contribution < 1.29 is 0 Å². The summed E-state index contributed by atoms with van der Waals surface area (Å²) >= 11 is 5.88. The van der Waals surface area contributed by atoms with Gasteiger partial charge in [-0.25, -0.2) is 9.50 Å². The summed E-state index contributed by atoms with van der Waals surface area (Å²) in [5, 5.41) is 8.38. The van der Waals surface area contributed by atoms with E-state index in [1.807, 2.05) is 19.9 Å². The van der Waals surface area contributed by atoms with Gasteiger partial charge in [0.15, 0.2) is 5.52 Å². The predicted molar refractivity (Wildman–Crippen MR) is 86.9 cm³/mol. The van der Waals surface area contributed by atoms with Crippen molar-refractivity contribution in [1.29, 1.82) is 0 Å². The van der Waals surface area contributed by atoms with Gasteiger partial charge in [-0.3, -0.25) is 14.3 Å². The standard InChI is InChI=1S/C15H15ClN6O/c1-8(2)13-18-6-12-14(23)21-7-11(19-15(21)20-22(12)13)10-4-3-9(16)5-17-10/h3-6,8,11H,7H2,1-2H3,(H,19,20). The van der Waals surface area contributed by atoms with Gasteiger partial charge in [-0.05, 0) is 12.1 Å². The lowest BCUT2D eigenvalue weighted by Crippen LogP contribution is -2.22. The first-order valence-corrected chi connectivity index (χ1v) is 7.79. The van der Waals surface area contributed by atoms with Crippen molar-refractivity contribution in [2.45, 2.75) is 32.4 Å². The van der Waals surface area contributed by atoms with Crippen LogP contribution in [0.1, 0.15) is 37.3 Å². The van der Waals surface area contributed by atoms with Crippen LogP contribution in [0.5, 0.6) is 0 Å². The molecule has 1 aliphatic rings. The van der Waals surface area contributed by atoms with E-state index in [4.69, 9.17) is 11.6 Å². The number of halogens is 1. The van der Waals surface area contributed by atoms with Crippen LogP contribution in [0.4, 0.5) is 5.95 Å². The van der Waals surface area contributed by atoms with Gasteiger partial charge in [0.25, 0.3) is 5.56 Å². The summed E-state index contributed by atoms with van der Waals surface area (Å²) in [6.45, 7) is 4.53. The molecule has 1 unspecified atom stereocenters. The van der Waals surface area contributed by atoms with Crippen LogP contribution in [0, 0.1) is 0 Å². The van der Waals surface area contributed by atoms with Crippen molar-refractivity contribution in [3.8, 4) is 0 Å². The number of hydrogen-bond donors (Lipinski definition) is 1. The van der Waals surface area contributed by atoms with E-state index in [9.17, 15) is 4.79 Å². The quantitative estimate of drug-likeness (QED) is 0.779. The van der Waals surface area contributed by atoms with E-state index in [1.54, 1.807) is 27.5 Å². The largest absolute Gasteiger partial charge is 0.344 e. The van der Waals surface area contributed by atoms with Crippen molar-refractivity contribution in [1.82, 2.24) is 24.1 Å². The number of hydrogen-bond acceptors (Lipinski definition) is 5. The summed E-state index contributed by atoms with van der Waals surface area (Å²) in [7, 11) is 0. The summed E-state index contributed by atoms with van der Waals surface area (Å²) in [6.07, 6.45) is 3.19. The normalized spacial score (nSPS) is 16.8. The second kappa shape index (κ2) is 5.06. The van der Waals surface area contributed by atoms with E-state index >= 15 is 0 Å². The zero-order valence-electron chi connectivity index (χ0n) is 12.7. The van der Waals surface area contributed by atoms with Crippen molar-refractivity contribution >= 4 is 23.1 Å². The lowest BCUT2D eigenvalue weighted by atomic mass is 10.2. The summed E-state index contributed by atoms with van der Waals surface area (Å²) < 4.78 is 3.26. The number of nitrogens with one attached hydrogen (secondary N) is 1. The Morgan fingerprint density at radius 2 is 2.13 bits per heavy atom. The highest BCUT2D eigenvalue weighted by atomic mass is 35.5. The zero-order chi connectivity index (χ0) is 16.1. The zero-order valence-corrected chi connectivity index (χ0v) is 13.4. The molecule has 0 saturated carbocycles. The van der Waals surface area contributed by atoms with E-state index in [1.165, 1.54) is 0 Å². The van der Waals surface area contributed by atoms with Crippen molar-refractivity contribution in [3.05, 3.63) is 51.4 Å². The Morgan fingerprint density at radius 3 is 2.83 bits per heavy atom. The van der Waals surface area contributed by atoms with Crippen molar-refractivity contribution in [2.75, 3.05) is 5.32 Å². The summed E-state index contributed by atoms with van der Waals surface area (Å²) in [6, 6.07) is 3.54. The Hall–Kier alpha value is -2.41. The number of fused-ring (bicyclic) bond motifs is 2. The molecule has 7 nitrogen and oxygen atoms in total. The van der Waals surface area contributed by atoms with Crippen LogP contribution in [0.25, 0.3) is 5.52 Å². The lowest BCUT2D eigenvalue weighted by Gasteiger charge is -2.08. The maximum Gasteiger partial charge on any atom is 0.281 e. The summed E-state index contributed by atoms with van der Waals surface area (Å²) in [5.41, 5.74) is 1.22. The average molecular weight is 331 g/mol. The molecule has 4 heterocycles. The third kappa shape index (κ3) is 2.19. The first kappa shape index (κ1) is 14.2. The summed E-state index contributed by atoms with van der Waals surface area (Å²) in [5.74, 6) is 1.49. The smallest absolute Gasteiger partial charge is 0.281 e. The topological polar surface area (TPSA) is 77.1 Å². The SMILES string of the molecule is CC(C)c1ncc2c(=O)n3c(nn12)NC(c1ccc(Cl)cn1)C3. The minimum absolute atomic E-state index is 0.0987. The van der Waals surface area contributed by atoms with Crippen LogP contribution < -0.4 is 10.9 Å². The van der Waals surface area contributed by atoms with E-state index in [-0.39, 0.29) is 17.5 Å². The fourth-order valence-corrected chi connectivity index (χ4v) is 2.92. The molecule has 0 aliphatic carbocycles. The van der Waals surface area contributed by atoms with E-state index in [2.05, 4.69) is 20.4 Å². The fourth-order valence-electron chi connectivity index (χ4n) is 2.81. The molecule has 4 rings (SSSR count). The third-order valence-electron chi connectivity index (χ3n) is 3.97. The van der Waals surface area contributed by atoms with Crippen LogP contribution in [0.3, 0.4) is 0 Å². The molecule has 1 N–H and O–H groups in total. The second-order valence-corrected chi connectivity index (χ2v) is 6.34. The second-order valence-electron chi connectivity index (χ2n) is 5.91. The maximum atomic E-state index is 12.7. The molecule has 3 aromatic rings. The Kier molecular flexibility index (Phi) is 3.12. The van der Waals surface area contributed by atoms with Crippen molar-refractivity contribution in [2.24, 2.45) is 0 Å². The van der Waals surface area contributed by atoms with Gasteiger partial charge in [0.05, 0.1) is 29.5 Å². The molecule has 0 saturated heterocycles. The molecule has 0 spiro atoms. The molecule has 1 atom stereocenters. The monoisotopic (exact) mass is 330 g/mol. The van der Waals surface area contributed by atoms with Gasteiger partial charge >= 0.3 is 0 Å². The molecule has 23 heavy (non-hydrogen) atoms. The molecule has 0 aromatic carbocycles. The highest BCUT2D eigenvalue weighted by molar-refractivity contribution is 6.30. The fraction of sp³-hybridized carbons (Fsp3) is 0.333. The average Bonchev–Trinajstić information content (AvgIpc) is 3.12. The summed E-state index contributed by atoms with van der Waals surface area (Å²) in [4.78, 5) is 21.3. The van der Waals surface area contributed by atoms with E-state index in [0.717, 1.165) is 11.5 Å². The lowest BCUT2D eigenvalue weighted by molar-refractivity contribution is 0.641. The Balaban J connectivity index is 1.79. The number of rotatable bonds is 2. The number of aromatic nitrogens is 5. The van der Waals surface area contributed by atoms with Crippen LogP contribution in [-0.2, 0) is 6.54 Å². The Bertz CT molecular complexity index is 943. The maximum absolute atomic E-state index is 12.7. The number of nitrogens with zero attached hydrogens (tertiary/aromatic N) is 5. The highest BCUT2D eigenvalue weighted by Gasteiger charge is 2.27. The molecule has 0 fully saturated rings. The molecular weight excluding hydrogens is 316 g/mol. The molecular formula is C15H15ClN6O. The van der Waals surface area contributed by atoms with Gasteiger partial charge in [0.2, 0.25) is 5.95 Å². The van der Waals surface area contributed by atoms with E-state index < -0.39 is 0 Å². The first-order chi connectivity index (χ1) is 11.0. The number of pyridine rings is 1. The molecule has 8 heteroatoms. The molecule has 0 radical (unpaired) electrons. The predicted octanol–water partition coefficient (Wildman–Crippen LogP) is 2.23.